The van der Waals surface area contributed by atoms with Crippen LogP contribution in [0, 0.1) is 19.8 Å². The van der Waals surface area contributed by atoms with Gasteiger partial charge >= 0.3 is 0 Å². The normalized spacial score (nSPS) is 20.8. The Bertz CT molecular complexity index is 482. The van der Waals surface area contributed by atoms with Crippen molar-refractivity contribution < 1.29 is 4.79 Å². The number of carbonyl (C=O) groups is 1. The Hall–Kier alpha value is -1.35. The highest BCUT2D eigenvalue weighted by molar-refractivity contribution is 5.79. The van der Waals surface area contributed by atoms with Gasteiger partial charge in [0.1, 0.15) is 0 Å². The van der Waals surface area contributed by atoms with Gasteiger partial charge in [-0.3, -0.25) is 4.79 Å². The molecule has 1 aliphatic heterocycles. The van der Waals surface area contributed by atoms with Crippen LogP contribution in [0.5, 0.6) is 0 Å². The van der Waals surface area contributed by atoms with Gasteiger partial charge in [-0.2, -0.15) is 0 Å². The van der Waals surface area contributed by atoms with Crippen LogP contribution in [0.4, 0.5) is 0 Å². The first kappa shape index (κ1) is 15.0. The van der Waals surface area contributed by atoms with Gasteiger partial charge in [0.15, 0.2) is 0 Å². The molecule has 0 aliphatic carbocycles. The van der Waals surface area contributed by atoms with Crippen LogP contribution in [0.25, 0.3) is 0 Å². The summed E-state index contributed by atoms with van der Waals surface area (Å²) in [5, 5.41) is 0. The SMILES string of the molecule is Cc1ccc(C)c(CC(=O)N2CCC[C@@H]([C@H](C)N)C2)c1. The maximum Gasteiger partial charge on any atom is 0.227 e. The molecular formula is C17H26N2O. The van der Waals surface area contributed by atoms with E-state index >= 15 is 0 Å². The number of benzene rings is 1. The van der Waals surface area contributed by atoms with Gasteiger partial charge in [0.2, 0.25) is 5.91 Å². The van der Waals surface area contributed by atoms with E-state index in [1.165, 1.54) is 11.1 Å². The summed E-state index contributed by atoms with van der Waals surface area (Å²) >= 11 is 0. The van der Waals surface area contributed by atoms with E-state index in [0.717, 1.165) is 31.5 Å². The average molecular weight is 274 g/mol. The van der Waals surface area contributed by atoms with Gasteiger partial charge in [-0.25, -0.2) is 0 Å². The first-order valence-electron chi connectivity index (χ1n) is 7.57. The van der Waals surface area contributed by atoms with E-state index in [9.17, 15) is 4.79 Å². The van der Waals surface area contributed by atoms with Gasteiger partial charge in [0, 0.05) is 19.1 Å². The van der Waals surface area contributed by atoms with Gasteiger partial charge in [0.05, 0.1) is 6.42 Å². The molecule has 1 saturated heterocycles. The van der Waals surface area contributed by atoms with Gasteiger partial charge in [-0.15, -0.1) is 0 Å². The van der Waals surface area contributed by atoms with Crippen molar-refractivity contribution in [3.63, 3.8) is 0 Å². The number of hydrogen-bond donors (Lipinski definition) is 1. The molecule has 1 heterocycles. The van der Waals surface area contributed by atoms with Crippen molar-refractivity contribution >= 4 is 5.91 Å². The predicted molar refractivity (Wildman–Crippen MR) is 82.6 cm³/mol. The lowest BCUT2D eigenvalue weighted by atomic mass is 9.91. The summed E-state index contributed by atoms with van der Waals surface area (Å²) in [6.07, 6.45) is 2.73. The third-order valence-corrected chi connectivity index (χ3v) is 4.40. The standard InChI is InChI=1S/C17H26N2O/c1-12-6-7-13(2)16(9-12)10-17(20)19-8-4-5-15(11-19)14(3)18/h6-7,9,14-15H,4-5,8,10-11,18H2,1-3H3/t14-,15+/m0/s1. The number of carbonyl (C=O) groups excluding carboxylic acids is 1. The van der Waals surface area contributed by atoms with Crippen LogP contribution in [0.2, 0.25) is 0 Å². The minimum atomic E-state index is 0.173. The molecule has 2 rings (SSSR count). The molecule has 20 heavy (non-hydrogen) atoms. The van der Waals surface area contributed by atoms with E-state index in [-0.39, 0.29) is 11.9 Å². The molecule has 110 valence electrons. The molecule has 1 aromatic carbocycles. The molecule has 1 aliphatic rings. The number of nitrogens with two attached hydrogens (primary N) is 1. The van der Waals surface area contributed by atoms with E-state index in [0.29, 0.717) is 12.3 Å². The Balaban J connectivity index is 2.02. The fourth-order valence-corrected chi connectivity index (χ4v) is 2.93. The second-order valence-electron chi connectivity index (χ2n) is 6.21. The van der Waals surface area contributed by atoms with Crippen LogP contribution in [-0.4, -0.2) is 29.9 Å². The maximum absolute atomic E-state index is 12.5. The molecule has 2 N–H and O–H groups in total. The number of hydrogen-bond acceptors (Lipinski definition) is 2. The highest BCUT2D eigenvalue weighted by Crippen LogP contribution is 2.20. The third-order valence-electron chi connectivity index (χ3n) is 4.40. The summed E-state index contributed by atoms with van der Waals surface area (Å²) in [4.78, 5) is 14.5. The molecule has 0 radical (unpaired) electrons. The highest BCUT2D eigenvalue weighted by atomic mass is 16.2. The van der Waals surface area contributed by atoms with Gasteiger partial charge < -0.3 is 10.6 Å². The Morgan fingerprint density at radius 2 is 2.20 bits per heavy atom. The third kappa shape index (κ3) is 3.60. The minimum absolute atomic E-state index is 0.173. The highest BCUT2D eigenvalue weighted by Gasteiger charge is 2.25. The van der Waals surface area contributed by atoms with Crippen molar-refractivity contribution in [2.24, 2.45) is 11.7 Å². The topological polar surface area (TPSA) is 46.3 Å². The molecule has 1 aromatic rings. The molecular weight excluding hydrogens is 248 g/mol. The van der Waals surface area contributed by atoms with E-state index in [1.54, 1.807) is 0 Å². The monoisotopic (exact) mass is 274 g/mol. The Labute approximate surface area is 122 Å². The first-order valence-corrected chi connectivity index (χ1v) is 7.57. The predicted octanol–water partition coefficient (Wildman–Crippen LogP) is 2.43. The van der Waals surface area contributed by atoms with E-state index in [1.807, 2.05) is 11.8 Å². The second kappa shape index (κ2) is 6.40. The molecule has 0 spiro atoms. The van der Waals surface area contributed by atoms with Crippen molar-refractivity contribution in [2.75, 3.05) is 13.1 Å². The summed E-state index contributed by atoms with van der Waals surface area (Å²) in [6, 6.07) is 6.49. The van der Waals surface area contributed by atoms with Crippen molar-refractivity contribution in [2.45, 2.75) is 46.1 Å². The van der Waals surface area contributed by atoms with Gasteiger partial charge in [0.25, 0.3) is 0 Å². The molecule has 2 atom stereocenters. The molecule has 1 fully saturated rings. The number of piperidine rings is 1. The largest absolute Gasteiger partial charge is 0.342 e. The van der Waals surface area contributed by atoms with Crippen molar-refractivity contribution in [1.29, 1.82) is 0 Å². The zero-order chi connectivity index (χ0) is 14.7. The van der Waals surface area contributed by atoms with Crippen LogP contribution in [0.15, 0.2) is 18.2 Å². The van der Waals surface area contributed by atoms with Crippen LogP contribution < -0.4 is 5.73 Å². The first-order chi connectivity index (χ1) is 9.47. The fraction of sp³-hybridized carbons (Fsp3) is 0.588. The summed E-state index contributed by atoms with van der Waals surface area (Å²) in [7, 11) is 0. The molecule has 0 unspecified atom stereocenters. The van der Waals surface area contributed by atoms with E-state index in [2.05, 4.69) is 32.0 Å². The quantitative estimate of drug-likeness (QED) is 0.920. The molecule has 3 nitrogen and oxygen atoms in total. The maximum atomic E-state index is 12.5. The number of nitrogens with zero attached hydrogens (tertiary/aromatic N) is 1. The molecule has 3 heteroatoms. The van der Waals surface area contributed by atoms with Gasteiger partial charge in [-0.1, -0.05) is 23.8 Å². The number of aryl methyl sites for hydroxylation is 2. The minimum Gasteiger partial charge on any atom is -0.342 e. The van der Waals surface area contributed by atoms with Crippen LogP contribution >= 0.6 is 0 Å². The van der Waals surface area contributed by atoms with Crippen LogP contribution in [0.3, 0.4) is 0 Å². The van der Waals surface area contributed by atoms with E-state index < -0.39 is 0 Å². The van der Waals surface area contributed by atoms with Crippen molar-refractivity contribution in [1.82, 2.24) is 4.90 Å². The van der Waals surface area contributed by atoms with E-state index in [4.69, 9.17) is 5.73 Å². The number of rotatable bonds is 3. The van der Waals surface area contributed by atoms with Crippen molar-refractivity contribution in [3.8, 4) is 0 Å². The Morgan fingerprint density at radius 3 is 2.90 bits per heavy atom. The number of likely N-dealkylation sites (tertiary alicyclic amines) is 1. The Kier molecular flexibility index (Phi) is 4.81. The fourth-order valence-electron chi connectivity index (χ4n) is 2.93. The van der Waals surface area contributed by atoms with Crippen LogP contribution in [0.1, 0.15) is 36.5 Å². The second-order valence-corrected chi connectivity index (χ2v) is 6.21. The lowest BCUT2D eigenvalue weighted by Gasteiger charge is -2.34. The van der Waals surface area contributed by atoms with Crippen molar-refractivity contribution in [3.05, 3.63) is 34.9 Å². The summed E-state index contributed by atoms with van der Waals surface area (Å²) in [6.45, 7) is 7.89. The molecule has 0 bridgehead atoms. The molecule has 0 aromatic heterocycles. The molecule has 0 saturated carbocycles. The average Bonchev–Trinajstić information content (AvgIpc) is 2.43. The smallest absolute Gasteiger partial charge is 0.227 e. The Morgan fingerprint density at radius 1 is 1.45 bits per heavy atom. The lowest BCUT2D eigenvalue weighted by Crippen LogP contribution is -2.45. The molecule has 1 amide bonds. The summed E-state index contributed by atoms with van der Waals surface area (Å²) in [5.74, 6) is 0.690. The zero-order valence-electron chi connectivity index (χ0n) is 12.9. The van der Waals surface area contributed by atoms with Crippen LogP contribution in [-0.2, 0) is 11.2 Å². The summed E-state index contributed by atoms with van der Waals surface area (Å²) in [5.41, 5.74) is 9.55. The van der Waals surface area contributed by atoms with Gasteiger partial charge in [-0.05, 0) is 50.7 Å². The number of amides is 1. The lowest BCUT2D eigenvalue weighted by molar-refractivity contribution is -0.132. The summed E-state index contributed by atoms with van der Waals surface area (Å²) < 4.78 is 0. The zero-order valence-corrected chi connectivity index (χ0v) is 12.9.